The monoisotopic (exact) mass is 216 g/mol. The average Bonchev–Trinajstić information content (AvgIpc) is 3.07. The Balaban J connectivity index is 1.92. The second-order valence-electron chi connectivity index (χ2n) is 5.73. The minimum atomic E-state index is 0.307. The molecule has 2 aliphatic rings. The highest BCUT2D eigenvalue weighted by Crippen LogP contribution is 2.52. The Bertz CT molecular complexity index is 395. The molecule has 16 heavy (non-hydrogen) atoms. The lowest BCUT2D eigenvalue weighted by Gasteiger charge is -2.32. The van der Waals surface area contributed by atoms with Gasteiger partial charge in [0, 0.05) is 23.9 Å². The summed E-state index contributed by atoms with van der Waals surface area (Å²) in [5.41, 5.74) is 9.58. The summed E-state index contributed by atoms with van der Waals surface area (Å²) < 4.78 is 0. The summed E-state index contributed by atoms with van der Waals surface area (Å²) in [4.78, 5) is 4.58. The van der Waals surface area contributed by atoms with Gasteiger partial charge in [-0.3, -0.25) is 4.98 Å². The van der Waals surface area contributed by atoms with Crippen molar-refractivity contribution in [3.05, 3.63) is 29.6 Å². The summed E-state index contributed by atoms with van der Waals surface area (Å²) in [6, 6.07) is 4.57. The Hall–Kier alpha value is -0.890. The zero-order valence-electron chi connectivity index (χ0n) is 9.95. The first-order chi connectivity index (χ1) is 7.71. The fraction of sp³-hybridized carbons (Fsp3) is 0.643. The van der Waals surface area contributed by atoms with Crippen LogP contribution in [-0.2, 0) is 6.42 Å². The first-order valence-electron chi connectivity index (χ1n) is 6.40. The first-order valence-corrected chi connectivity index (χ1v) is 6.40. The summed E-state index contributed by atoms with van der Waals surface area (Å²) in [5, 5.41) is 0. The SMILES string of the molecule is CC1(C(N)C2CCCc3cccnc32)CC1. The van der Waals surface area contributed by atoms with Gasteiger partial charge in [0.1, 0.15) is 0 Å². The molecule has 1 fully saturated rings. The molecule has 0 bridgehead atoms. The molecule has 2 aliphatic carbocycles. The Morgan fingerprint density at radius 2 is 2.31 bits per heavy atom. The third kappa shape index (κ3) is 1.56. The van der Waals surface area contributed by atoms with E-state index in [1.54, 1.807) is 0 Å². The Morgan fingerprint density at radius 1 is 1.50 bits per heavy atom. The third-order valence-corrected chi connectivity index (χ3v) is 4.52. The zero-order chi connectivity index (χ0) is 11.2. The molecule has 3 rings (SSSR count). The molecule has 86 valence electrons. The largest absolute Gasteiger partial charge is 0.327 e. The van der Waals surface area contributed by atoms with Crippen molar-refractivity contribution in [2.75, 3.05) is 0 Å². The molecule has 2 atom stereocenters. The summed E-state index contributed by atoms with van der Waals surface area (Å²) in [6.45, 7) is 2.33. The predicted molar refractivity (Wildman–Crippen MR) is 65.2 cm³/mol. The van der Waals surface area contributed by atoms with Gasteiger partial charge in [-0.15, -0.1) is 0 Å². The topological polar surface area (TPSA) is 38.9 Å². The summed E-state index contributed by atoms with van der Waals surface area (Å²) in [6.07, 6.45) is 8.19. The van der Waals surface area contributed by atoms with Gasteiger partial charge in [-0.05, 0) is 49.1 Å². The van der Waals surface area contributed by atoms with Crippen LogP contribution in [0.15, 0.2) is 18.3 Å². The third-order valence-electron chi connectivity index (χ3n) is 4.52. The fourth-order valence-electron chi connectivity index (χ4n) is 3.01. The van der Waals surface area contributed by atoms with Gasteiger partial charge in [-0.25, -0.2) is 0 Å². The quantitative estimate of drug-likeness (QED) is 0.825. The Labute approximate surface area is 97.3 Å². The number of fused-ring (bicyclic) bond motifs is 1. The smallest absolute Gasteiger partial charge is 0.0482 e. The molecule has 0 spiro atoms. The number of pyridine rings is 1. The second-order valence-corrected chi connectivity index (χ2v) is 5.73. The van der Waals surface area contributed by atoms with Crippen LogP contribution in [0.1, 0.15) is 49.8 Å². The van der Waals surface area contributed by atoms with Crippen molar-refractivity contribution in [2.24, 2.45) is 11.1 Å². The molecular weight excluding hydrogens is 196 g/mol. The summed E-state index contributed by atoms with van der Waals surface area (Å²) >= 11 is 0. The molecule has 0 amide bonds. The van der Waals surface area contributed by atoms with Crippen LogP contribution in [0.2, 0.25) is 0 Å². The highest BCUT2D eigenvalue weighted by Gasteiger charge is 2.47. The number of aromatic nitrogens is 1. The maximum Gasteiger partial charge on any atom is 0.0482 e. The predicted octanol–water partition coefficient (Wildman–Crippen LogP) is 2.63. The summed E-state index contributed by atoms with van der Waals surface area (Å²) in [5.74, 6) is 0.498. The lowest BCUT2D eigenvalue weighted by Crippen LogP contribution is -2.38. The van der Waals surface area contributed by atoms with Crippen LogP contribution in [0.5, 0.6) is 0 Å². The van der Waals surface area contributed by atoms with E-state index in [0.29, 0.717) is 17.4 Å². The van der Waals surface area contributed by atoms with E-state index in [4.69, 9.17) is 5.73 Å². The van der Waals surface area contributed by atoms with E-state index in [9.17, 15) is 0 Å². The van der Waals surface area contributed by atoms with Crippen LogP contribution in [0, 0.1) is 5.41 Å². The Morgan fingerprint density at radius 3 is 3.06 bits per heavy atom. The molecule has 2 heteroatoms. The molecule has 0 radical (unpaired) electrons. The van der Waals surface area contributed by atoms with E-state index in [1.165, 1.54) is 43.4 Å². The molecule has 1 aromatic heterocycles. The molecular formula is C14H20N2. The van der Waals surface area contributed by atoms with Crippen LogP contribution < -0.4 is 5.73 Å². The summed E-state index contributed by atoms with van der Waals surface area (Å²) in [7, 11) is 0. The highest BCUT2D eigenvalue weighted by molar-refractivity contribution is 5.28. The number of nitrogens with zero attached hydrogens (tertiary/aromatic N) is 1. The van der Waals surface area contributed by atoms with Gasteiger partial charge >= 0.3 is 0 Å². The van der Waals surface area contributed by atoms with Crippen molar-refractivity contribution >= 4 is 0 Å². The van der Waals surface area contributed by atoms with Crippen LogP contribution in [0.4, 0.5) is 0 Å². The van der Waals surface area contributed by atoms with E-state index in [2.05, 4.69) is 18.0 Å². The van der Waals surface area contributed by atoms with E-state index in [1.807, 2.05) is 12.3 Å². The van der Waals surface area contributed by atoms with Crippen LogP contribution in [-0.4, -0.2) is 11.0 Å². The van der Waals surface area contributed by atoms with Gasteiger partial charge in [-0.2, -0.15) is 0 Å². The van der Waals surface area contributed by atoms with E-state index < -0.39 is 0 Å². The molecule has 1 aromatic rings. The van der Waals surface area contributed by atoms with Gasteiger partial charge < -0.3 is 5.73 Å². The molecule has 0 aromatic carbocycles. The van der Waals surface area contributed by atoms with E-state index in [0.717, 1.165) is 0 Å². The number of hydrogen-bond donors (Lipinski definition) is 1. The number of aryl methyl sites for hydroxylation is 1. The maximum atomic E-state index is 6.46. The van der Waals surface area contributed by atoms with Gasteiger partial charge in [0.2, 0.25) is 0 Å². The van der Waals surface area contributed by atoms with Crippen molar-refractivity contribution in [1.82, 2.24) is 4.98 Å². The second kappa shape index (κ2) is 3.56. The molecule has 2 N–H and O–H groups in total. The van der Waals surface area contributed by atoms with E-state index >= 15 is 0 Å². The zero-order valence-corrected chi connectivity index (χ0v) is 9.95. The fourth-order valence-corrected chi connectivity index (χ4v) is 3.01. The van der Waals surface area contributed by atoms with Gasteiger partial charge in [-0.1, -0.05) is 13.0 Å². The minimum Gasteiger partial charge on any atom is -0.327 e. The van der Waals surface area contributed by atoms with Crippen molar-refractivity contribution in [1.29, 1.82) is 0 Å². The lowest BCUT2D eigenvalue weighted by molar-refractivity contribution is 0.338. The van der Waals surface area contributed by atoms with Gasteiger partial charge in [0.05, 0.1) is 0 Å². The molecule has 0 saturated heterocycles. The van der Waals surface area contributed by atoms with Crippen LogP contribution in [0.25, 0.3) is 0 Å². The van der Waals surface area contributed by atoms with Crippen molar-refractivity contribution in [3.63, 3.8) is 0 Å². The van der Waals surface area contributed by atoms with Crippen LogP contribution >= 0.6 is 0 Å². The van der Waals surface area contributed by atoms with E-state index in [-0.39, 0.29) is 0 Å². The standard InChI is InChI=1S/C14H20N2/c1-14(7-8-14)13(15)11-6-2-4-10-5-3-9-16-12(10)11/h3,5,9,11,13H,2,4,6-8,15H2,1H3. The molecule has 2 nitrogen and oxygen atoms in total. The molecule has 1 saturated carbocycles. The highest BCUT2D eigenvalue weighted by atomic mass is 14.8. The normalized spacial score (nSPS) is 28.2. The van der Waals surface area contributed by atoms with Gasteiger partial charge in [0.25, 0.3) is 0 Å². The molecule has 1 heterocycles. The molecule has 0 aliphatic heterocycles. The Kier molecular flexibility index (Phi) is 2.28. The first kappa shape index (κ1) is 10.3. The van der Waals surface area contributed by atoms with Crippen molar-refractivity contribution in [3.8, 4) is 0 Å². The van der Waals surface area contributed by atoms with Crippen LogP contribution in [0.3, 0.4) is 0 Å². The number of rotatable bonds is 2. The maximum absolute atomic E-state index is 6.46. The molecule has 2 unspecified atom stereocenters. The van der Waals surface area contributed by atoms with Crippen molar-refractivity contribution in [2.45, 2.75) is 51.0 Å². The average molecular weight is 216 g/mol. The lowest BCUT2D eigenvalue weighted by atomic mass is 9.77. The number of nitrogens with two attached hydrogens (primary N) is 1. The van der Waals surface area contributed by atoms with Crippen molar-refractivity contribution < 1.29 is 0 Å². The van der Waals surface area contributed by atoms with Gasteiger partial charge in [0.15, 0.2) is 0 Å². The number of hydrogen-bond acceptors (Lipinski definition) is 2. The minimum absolute atomic E-state index is 0.307.